The summed E-state index contributed by atoms with van der Waals surface area (Å²) in [6.07, 6.45) is -5.87. The van der Waals surface area contributed by atoms with E-state index >= 15 is 0 Å². The third-order valence-electron chi connectivity index (χ3n) is 2.17. The number of alkyl halides is 3. The predicted octanol–water partition coefficient (Wildman–Crippen LogP) is 0.930. The Labute approximate surface area is 101 Å². The molecule has 0 amide bonds. The van der Waals surface area contributed by atoms with Crippen molar-refractivity contribution >= 4 is 0 Å². The van der Waals surface area contributed by atoms with Crippen LogP contribution in [0.15, 0.2) is 18.2 Å². The van der Waals surface area contributed by atoms with Crippen LogP contribution in [0.4, 0.5) is 13.2 Å². The molecule has 1 rings (SSSR count). The van der Waals surface area contributed by atoms with Crippen LogP contribution in [0.5, 0.6) is 5.75 Å². The molecule has 3 N–H and O–H groups in total. The van der Waals surface area contributed by atoms with Crippen molar-refractivity contribution in [3.63, 3.8) is 0 Å². The normalized spacial score (nSPS) is 13.4. The number of benzene rings is 1. The number of hydrogen-bond acceptors (Lipinski definition) is 4. The molecule has 0 aliphatic heterocycles. The van der Waals surface area contributed by atoms with Crippen molar-refractivity contribution < 1.29 is 33.2 Å². The number of aliphatic hydroxyl groups excluding tert-OH is 3. The van der Waals surface area contributed by atoms with Gasteiger partial charge in [0, 0.05) is 0 Å². The van der Waals surface area contributed by atoms with Gasteiger partial charge in [-0.3, -0.25) is 0 Å². The fourth-order valence-electron chi connectivity index (χ4n) is 1.26. The van der Waals surface area contributed by atoms with Gasteiger partial charge in [0.05, 0.1) is 18.8 Å². The SMILES string of the molecule is OCc1ccc(OCC(O)CO)c(C(F)(F)F)c1. The van der Waals surface area contributed by atoms with Crippen LogP contribution in [-0.4, -0.2) is 34.6 Å². The maximum Gasteiger partial charge on any atom is 0.419 e. The Morgan fingerprint density at radius 3 is 2.39 bits per heavy atom. The Kier molecular flexibility index (Phi) is 4.94. The average molecular weight is 266 g/mol. The largest absolute Gasteiger partial charge is 0.490 e. The van der Waals surface area contributed by atoms with Crippen LogP contribution in [0.25, 0.3) is 0 Å². The van der Waals surface area contributed by atoms with E-state index in [1.807, 2.05) is 0 Å². The first-order valence-electron chi connectivity index (χ1n) is 5.11. The van der Waals surface area contributed by atoms with E-state index in [-0.39, 0.29) is 5.56 Å². The predicted molar refractivity (Wildman–Crippen MR) is 56.0 cm³/mol. The summed E-state index contributed by atoms with van der Waals surface area (Å²) in [7, 11) is 0. The first-order chi connectivity index (χ1) is 8.38. The third kappa shape index (κ3) is 3.86. The van der Waals surface area contributed by atoms with Gasteiger partial charge in [-0.15, -0.1) is 0 Å². The lowest BCUT2D eigenvalue weighted by Gasteiger charge is -2.16. The minimum absolute atomic E-state index is 0.109. The number of halogens is 3. The van der Waals surface area contributed by atoms with E-state index in [4.69, 9.17) is 20.1 Å². The van der Waals surface area contributed by atoms with Crippen LogP contribution in [0.3, 0.4) is 0 Å². The van der Waals surface area contributed by atoms with Gasteiger partial charge in [0.2, 0.25) is 0 Å². The molecule has 0 radical (unpaired) electrons. The summed E-state index contributed by atoms with van der Waals surface area (Å²) < 4.78 is 42.9. The molecule has 0 aromatic heterocycles. The van der Waals surface area contributed by atoms with Crippen molar-refractivity contribution in [2.24, 2.45) is 0 Å². The Hall–Kier alpha value is -1.31. The van der Waals surface area contributed by atoms with Crippen molar-refractivity contribution in [3.8, 4) is 5.75 Å². The molecule has 0 saturated heterocycles. The molecule has 0 aliphatic carbocycles. The summed E-state index contributed by atoms with van der Waals surface area (Å²) in [6, 6.07) is 3.13. The molecule has 0 fully saturated rings. The van der Waals surface area contributed by atoms with Gasteiger partial charge >= 0.3 is 6.18 Å². The molecule has 0 aliphatic rings. The first kappa shape index (κ1) is 14.7. The van der Waals surface area contributed by atoms with E-state index in [0.717, 1.165) is 12.1 Å². The summed E-state index contributed by atoms with van der Waals surface area (Å²) in [6.45, 7) is -1.56. The van der Waals surface area contributed by atoms with E-state index < -0.39 is 43.4 Å². The second kappa shape index (κ2) is 6.03. The lowest BCUT2D eigenvalue weighted by Crippen LogP contribution is -2.22. The zero-order chi connectivity index (χ0) is 13.8. The molecule has 102 valence electrons. The molecule has 18 heavy (non-hydrogen) atoms. The Morgan fingerprint density at radius 1 is 1.22 bits per heavy atom. The van der Waals surface area contributed by atoms with E-state index in [0.29, 0.717) is 0 Å². The summed E-state index contributed by atoms with van der Waals surface area (Å²) in [5.74, 6) is -0.452. The van der Waals surface area contributed by atoms with Crippen molar-refractivity contribution in [2.45, 2.75) is 18.9 Å². The number of rotatable bonds is 5. The fraction of sp³-hybridized carbons (Fsp3) is 0.455. The van der Waals surface area contributed by atoms with E-state index in [1.165, 1.54) is 6.07 Å². The minimum atomic E-state index is -4.62. The van der Waals surface area contributed by atoms with Gasteiger partial charge in [-0.2, -0.15) is 13.2 Å². The second-order valence-electron chi connectivity index (χ2n) is 3.63. The molecule has 0 saturated carbocycles. The van der Waals surface area contributed by atoms with Gasteiger partial charge in [-0.25, -0.2) is 0 Å². The van der Waals surface area contributed by atoms with Crippen LogP contribution in [0, 0.1) is 0 Å². The molecule has 0 bridgehead atoms. The molecule has 0 heterocycles. The quantitative estimate of drug-likeness (QED) is 0.741. The van der Waals surface area contributed by atoms with Gasteiger partial charge in [-0.1, -0.05) is 6.07 Å². The first-order valence-corrected chi connectivity index (χ1v) is 5.11. The highest BCUT2D eigenvalue weighted by atomic mass is 19.4. The molecular weight excluding hydrogens is 253 g/mol. The van der Waals surface area contributed by atoms with Gasteiger partial charge in [0.15, 0.2) is 0 Å². The molecular formula is C11H13F3O4. The maximum absolute atomic E-state index is 12.7. The van der Waals surface area contributed by atoms with Crippen LogP contribution < -0.4 is 4.74 Å². The third-order valence-corrected chi connectivity index (χ3v) is 2.17. The molecule has 1 atom stereocenters. The van der Waals surface area contributed by atoms with Crippen molar-refractivity contribution in [1.29, 1.82) is 0 Å². The molecule has 4 nitrogen and oxygen atoms in total. The number of ether oxygens (including phenoxy) is 1. The highest BCUT2D eigenvalue weighted by Gasteiger charge is 2.34. The van der Waals surface area contributed by atoms with Crippen LogP contribution in [-0.2, 0) is 12.8 Å². The van der Waals surface area contributed by atoms with Crippen LogP contribution in [0.1, 0.15) is 11.1 Å². The van der Waals surface area contributed by atoms with Gasteiger partial charge in [0.1, 0.15) is 18.5 Å². The summed E-state index contributed by atoms with van der Waals surface area (Å²) >= 11 is 0. The van der Waals surface area contributed by atoms with E-state index in [9.17, 15) is 13.2 Å². The molecule has 0 spiro atoms. The van der Waals surface area contributed by atoms with Crippen LogP contribution in [0.2, 0.25) is 0 Å². The Balaban J connectivity index is 2.96. The minimum Gasteiger partial charge on any atom is -0.490 e. The van der Waals surface area contributed by atoms with Crippen molar-refractivity contribution in [3.05, 3.63) is 29.3 Å². The topological polar surface area (TPSA) is 69.9 Å². The van der Waals surface area contributed by atoms with E-state index in [2.05, 4.69) is 0 Å². The number of aliphatic hydroxyl groups is 3. The Bertz CT molecular complexity index is 392. The highest BCUT2D eigenvalue weighted by Crippen LogP contribution is 2.36. The summed E-state index contributed by atoms with van der Waals surface area (Å²) in [5.41, 5.74) is -0.920. The fourth-order valence-corrected chi connectivity index (χ4v) is 1.26. The standard InChI is InChI=1S/C11H13F3O4/c12-11(13,14)9-3-7(4-15)1-2-10(9)18-6-8(17)5-16/h1-3,8,15-17H,4-6H2. The van der Waals surface area contributed by atoms with Crippen LogP contribution >= 0.6 is 0 Å². The molecule has 1 aromatic carbocycles. The van der Waals surface area contributed by atoms with Gasteiger partial charge in [0.25, 0.3) is 0 Å². The Morgan fingerprint density at radius 2 is 1.89 bits per heavy atom. The lowest BCUT2D eigenvalue weighted by molar-refractivity contribution is -0.139. The molecule has 7 heteroatoms. The molecule has 1 aromatic rings. The van der Waals surface area contributed by atoms with Gasteiger partial charge < -0.3 is 20.1 Å². The monoisotopic (exact) mass is 266 g/mol. The second-order valence-corrected chi connectivity index (χ2v) is 3.63. The van der Waals surface area contributed by atoms with Crippen molar-refractivity contribution in [2.75, 3.05) is 13.2 Å². The zero-order valence-corrected chi connectivity index (χ0v) is 9.31. The van der Waals surface area contributed by atoms with Crippen molar-refractivity contribution in [1.82, 2.24) is 0 Å². The zero-order valence-electron chi connectivity index (χ0n) is 9.31. The maximum atomic E-state index is 12.7. The average Bonchev–Trinajstić information content (AvgIpc) is 2.34. The summed E-state index contributed by atoms with van der Waals surface area (Å²) in [5, 5.41) is 26.3. The molecule has 1 unspecified atom stereocenters. The highest BCUT2D eigenvalue weighted by molar-refractivity contribution is 5.39. The lowest BCUT2D eigenvalue weighted by atomic mass is 10.1. The summed E-state index contributed by atoms with van der Waals surface area (Å²) in [4.78, 5) is 0. The number of hydrogen-bond donors (Lipinski definition) is 3. The van der Waals surface area contributed by atoms with Gasteiger partial charge in [-0.05, 0) is 17.7 Å². The van der Waals surface area contributed by atoms with E-state index in [1.54, 1.807) is 0 Å². The smallest absolute Gasteiger partial charge is 0.419 e.